The highest BCUT2D eigenvalue weighted by molar-refractivity contribution is 8.08. The molecular formula is C16H22O2S2. The minimum Gasteiger partial charge on any atom is -0.464 e. The molecule has 0 aromatic rings. The molecule has 2 atom stereocenters. The zero-order valence-corrected chi connectivity index (χ0v) is 13.8. The number of carbonyl (C=O) groups excluding carboxylic acids is 1. The second kappa shape index (κ2) is 7.99. The molecule has 0 aliphatic carbocycles. The molecule has 2 aliphatic heterocycles. The molecule has 0 bridgehead atoms. The van der Waals surface area contributed by atoms with E-state index in [2.05, 4.69) is 25.3 Å². The number of thioether (sulfide) groups is 2. The Bertz CT molecular complexity index is 438. The number of allylic oxidation sites excluding steroid dienone is 2. The van der Waals surface area contributed by atoms with Crippen molar-refractivity contribution in [1.82, 2.24) is 0 Å². The van der Waals surface area contributed by atoms with E-state index in [0.29, 0.717) is 12.5 Å². The monoisotopic (exact) mass is 310 g/mol. The summed E-state index contributed by atoms with van der Waals surface area (Å²) in [6.45, 7) is 4.93. The highest BCUT2D eigenvalue weighted by atomic mass is 32.2. The molecule has 0 aromatic carbocycles. The number of fused-ring (bicyclic) bond motifs is 1. The van der Waals surface area contributed by atoms with Gasteiger partial charge >= 0.3 is 5.97 Å². The Kier molecular flexibility index (Phi) is 6.30. The molecule has 2 aliphatic rings. The summed E-state index contributed by atoms with van der Waals surface area (Å²) < 4.78 is 5.52. The van der Waals surface area contributed by atoms with Crippen LogP contribution in [0.2, 0.25) is 0 Å². The fraction of sp³-hybridized carbons (Fsp3) is 0.562. The molecule has 2 heterocycles. The predicted molar refractivity (Wildman–Crippen MR) is 88.5 cm³/mol. The molecule has 0 aromatic heterocycles. The second-order valence-corrected chi connectivity index (χ2v) is 7.09. The van der Waals surface area contributed by atoms with Crippen molar-refractivity contribution in [3.63, 3.8) is 0 Å². The molecule has 20 heavy (non-hydrogen) atoms. The SMILES string of the molecule is CCCCC(CC)COC(=O)C1C=C2C=CSC=C2S1. The van der Waals surface area contributed by atoms with Gasteiger partial charge in [-0.3, -0.25) is 4.79 Å². The number of hydrogen-bond donors (Lipinski definition) is 0. The van der Waals surface area contributed by atoms with Crippen molar-refractivity contribution in [3.05, 3.63) is 33.4 Å². The van der Waals surface area contributed by atoms with Gasteiger partial charge in [0.15, 0.2) is 0 Å². The minimum absolute atomic E-state index is 0.0915. The molecule has 0 N–H and O–H groups in total. The number of hydrogen-bond acceptors (Lipinski definition) is 4. The van der Waals surface area contributed by atoms with Crippen LogP contribution in [0.3, 0.4) is 0 Å². The van der Waals surface area contributed by atoms with Crippen molar-refractivity contribution >= 4 is 29.5 Å². The van der Waals surface area contributed by atoms with E-state index in [-0.39, 0.29) is 11.2 Å². The number of ether oxygens (including phenoxy) is 1. The first-order valence-corrected chi connectivity index (χ1v) is 9.14. The van der Waals surface area contributed by atoms with E-state index in [4.69, 9.17) is 4.74 Å². The molecule has 0 fully saturated rings. The van der Waals surface area contributed by atoms with Crippen molar-refractivity contribution in [3.8, 4) is 0 Å². The predicted octanol–water partition coefficient (Wildman–Crippen LogP) is 4.89. The van der Waals surface area contributed by atoms with Gasteiger partial charge in [-0.2, -0.15) is 0 Å². The van der Waals surface area contributed by atoms with Gasteiger partial charge < -0.3 is 4.74 Å². The summed E-state index contributed by atoms with van der Waals surface area (Å²) in [6.07, 6.45) is 8.74. The number of esters is 1. The lowest BCUT2D eigenvalue weighted by Crippen LogP contribution is -2.20. The highest BCUT2D eigenvalue weighted by Gasteiger charge is 2.28. The third-order valence-corrected chi connectivity index (χ3v) is 5.61. The summed E-state index contributed by atoms with van der Waals surface area (Å²) >= 11 is 3.26. The maximum atomic E-state index is 12.1. The largest absolute Gasteiger partial charge is 0.464 e. The molecule has 4 heteroatoms. The van der Waals surface area contributed by atoms with E-state index in [1.165, 1.54) is 17.7 Å². The summed E-state index contributed by atoms with van der Waals surface area (Å²) in [5.41, 5.74) is 1.16. The van der Waals surface area contributed by atoms with Crippen LogP contribution in [0.1, 0.15) is 39.5 Å². The molecule has 2 nitrogen and oxygen atoms in total. The maximum absolute atomic E-state index is 12.1. The number of unbranched alkanes of at least 4 members (excludes halogenated alkanes) is 1. The third kappa shape index (κ3) is 4.19. The van der Waals surface area contributed by atoms with Gasteiger partial charge in [0, 0.05) is 4.91 Å². The summed E-state index contributed by atoms with van der Waals surface area (Å²) in [4.78, 5) is 13.3. The minimum atomic E-state index is -0.164. The van der Waals surface area contributed by atoms with Crippen LogP contribution in [0.15, 0.2) is 33.4 Å². The van der Waals surface area contributed by atoms with Crippen molar-refractivity contribution in [2.45, 2.75) is 44.8 Å². The van der Waals surface area contributed by atoms with E-state index < -0.39 is 0 Å². The van der Waals surface area contributed by atoms with Gasteiger partial charge in [0.1, 0.15) is 5.25 Å². The Hall–Kier alpha value is -0.610. The summed E-state index contributed by atoms with van der Waals surface area (Å²) in [5, 5.41) is 3.98. The molecule has 0 saturated carbocycles. The van der Waals surface area contributed by atoms with Gasteiger partial charge in [0.25, 0.3) is 0 Å². The van der Waals surface area contributed by atoms with Gasteiger partial charge in [-0.05, 0) is 34.8 Å². The first-order chi connectivity index (χ1) is 9.74. The van der Waals surface area contributed by atoms with E-state index in [1.54, 1.807) is 23.5 Å². The zero-order valence-electron chi connectivity index (χ0n) is 12.1. The Morgan fingerprint density at radius 2 is 2.30 bits per heavy atom. The fourth-order valence-electron chi connectivity index (χ4n) is 2.23. The quantitative estimate of drug-likeness (QED) is 0.625. The molecule has 110 valence electrons. The standard InChI is InChI=1S/C16H22O2S2/c1-3-5-6-12(4-2)10-18-16(17)14-9-13-7-8-19-11-15(13)20-14/h7-9,11-12,14H,3-6,10H2,1-2H3. The fourth-order valence-corrected chi connectivity index (χ4v) is 4.10. The molecule has 0 saturated heterocycles. The van der Waals surface area contributed by atoms with E-state index in [1.807, 2.05) is 11.5 Å². The van der Waals surface area contributed by atoms with Crippen LogP contribution in [0.25, 0.3) is 0 Å². The van der Waals surface area contributed by atoms with Crippen LogP contribution in [-0.4, -0.2) is 17.8 Å². The lowest BCUT2D eigenvalue weighted by Gasteiger charge is -2.16. The van der Waals surface area contributed by atoms with Crippen LogP contribution >= 0.6 is 23.5 Å². The average Bonchev–Trinajstić information content (AvgIpc) is 2.91. The first-order valence-electron chi connectivity index (χ1n) is 7.32. The molecule has 0 radical (unpaired) electrons. The van der Waals surface area contributed by atoms with Gasteiger partial charge in [-0.1, -0.05) is 39.2 Å². The molecule has 2 rings (SSSR count). The lowest BCUT2D eigenvalue weighted by molar-refractivity contribution is -0.143. The topological polar surface area (TPSA) is 26.3 Å². The Labute approximate surface area is 130 Å². The van der Waals surface area contributed by atoms with Crippen molar-refractivity contribution in [1.29, 1.82) is 0 Å². The van der Waals surface area contributed by atoms with Gasteiger partial charge in [0.2, 0.25) is 0 Å². The summed E-state index contributed by atoms with van der Waals surface area (Å²) in [6, 6.07) is 0. The van der Waals surface area contributed by atoms with Crippen molar-refractivity contribution < 1.29 is 9.53 Å². The molecule has 2 unspecified atom stereocenters. The highest BCUT2D eigenvalue weighted by Crippen LogP contribution is 2.42. The van der Waals surface area contributed by atoms with Crippen LogP contribution in [-0.2, 0) is 9.53 Å². The zero-order chi connectivity index (χ0) is 14.4. The van der Waals surface area contributed by atoms with E-state index >= 15 is 0 Å². The van der Waals surface area contributed by atoms with Crippen molar-refractivity contribution in [2.75, 3.05) is 6.61 Å². The van der Waals surface area contributed by atoms with Crippen LogP contribution in [0.5, 0.6) is 0 Å². The Morgan fingerprint density at radius 3 is 3.00 bits per heavy atom. The maximum Gasteiger partial charge on any atom is 0.323 e. The van der Waals surface area contributed by atoms with E-state index in [0.717, 1.165) is 18.4 Å². The number of carbonyl (C=O) groups is 1. The van der Waals surface area contributed by atoms with Gasteiger partial charge in [-0.25, -0.2) is 0 Å². The first kappa shape index (κ1) is 15.8. The molecular weight excluding hydrogens is 288 g/mol. The van der Waals surface area contributed by atoms with Crippen LogP contribution in [0, 0.1) is 5.92 Å². The summed E-state index contributed by atoms with van der Waals surface area (Å²) in [5.74, 6) is 0.418. The van der Waals surface area contributed by atoms with Crippen LogP contribution < -0.4 is 0 Å². The number of rotatable bonds is 7. The third-order valence-electron chi connectivity index (χ3n) is 3.61. The van der Waals surface area contributed by atoms with Gasteiger partial charge in [0.05, 0.1) is 6.61 Å². The molecule has 0 amide bonds. The Balaban J connectivity index is 1.81. The Morgan fingerprint density at radius 1 is 1.45 bits per heavy atom. The van der Waals surface area contributed by atoms with E-state index in [9.17, 15) is 4.79 Å². The van der Waals surface area contributed by atoms with Crippen molar-refractivity contribution in [2.24, 2.45) is 5.92 Å². The second-order valence-electron chi connectivity index (χ2n) is 5.13. The smallest absolute Gasteiger partial charge is 0.323 e. The average molecular weight is 310 g/mol. The normalized spacial score (nSPS) is 22.0. The molecule has 0 spiro atoms. The lowest BCUT2D eigenvalue weighted by atomic mass is 10.0. The summed E-state index contributed by atoms with van der Waals surface area (Å²) in [7, 11) is 0. The van der Waals surface area contributed by atoms with Crippen LogP contribution in [0.4, 0.5) is 0 Å². The van der Waals surface area contributed by atoms with Gasteiger partial charge in [-0.15, -0.1) is 23.5 Å².